The molecule has 2 saturated heterocycles. The van der Waals surface area contributed by atoms with Gasteiger partial charge in [0, 0.05) is 18.8 Å². The summed E-state index contributed by atoms with van der Waals surface area (Å²) in [5.41, 5.74) is 5.68. The van der Waals surface area contributed by atoms with Gasteiger partial charge in [0.2, 0.25) is 5.91 Å². The van der Waals surface area contributed by atoms with E-state index < -0.39 is 11.7 Å². The first-order valence-electron chi connectivity index (χ1n) is 8.16. The fourth-order valence-corrected chi connectivity index (χ4v) is 3.58. The van der Waals surface area contributed by atoms with Crippen LogP contribution in [-0.4, -0.2) is 43.0 Å². The van der Waals surface area contributed by atoms with E-state index in [1.165, 1.54) is 12.1 Å². The van der Waals surface area contributed by atoms with Crippen molar-refractivity contribution in [1.29, 1.82) is 0 Å². The zero-order valence-electron chi connectivity index (χ0n) is 14.1. The van der Waals surface area contributed by atoms with Crippen LogP contribution < -0.4 is 10.6 Å². The maximum Gasteiger partial charge on any atom is 0.416 e. The SMILES string of the molecule is CC1(CN)CCN(C2CCN(c3ccc(C(F)(F)F)cc3)C2=O)C1.Cl. The van der Waals surface area contributed by atoms with Gasteiger partial charge in [-0.3, -0.25) is 9.69 Å². The quantitative estimate of drug-likeness (QED) is 0.881. The largest absolute Gasteiger partial charge is 0.416 e. The third kappa shape index (κ3) is 3.93. The molecule has 0 radical (unpaired) electrons. The van der Waals surface area contributed by atoms with Gasteiger partial charge in [0.1, 0.15) is 0 Å². The lowest BCUT2D eigenvalue weighted by atomic mass is 9.90. The molecule has 2 heterocycles. The molecule has 2 unspecified atom stereocenters. The Hall–Kier alpha value is -1.31. The molecule has 4 nitrogen and oxygen atoms in total. The van der Waals surface area contributed by atoms with Crippen molar-refractivity contribution in [3.63, 3.8) is 0 Å². The Morgan fingerprint density at radius 1 is 1.24 bits per heavy atom. The number of halogens is 4. The molecular weight excluding hydrogens is 355 g/mol. The van der Waals surface area contributed by atoms with Gasteiger partial charge in [-0.25, -0.2) is 0 Å². The Labute approximate surface area is 151 Å². The van der Waals surface area contributed by atoms with E-state index in [1.807, 2.05) is 0 Å². The number of nitrogens with two attached hydrogens (primary N) is 1. The Morgan fingerprint density at radius 3 is 2.40 bits per heavy atom. The molecule has 0 saturated carbocycles. The van der Waals surface area contributed by atoms with E-state index in [9.17, 15) is 18.0 Å². The Kier molecular flexibility index (Phi) is 5.71. The number of amides is 1. The molecule has 1 aromatic carbocycles. The molecule has 140 valence electrons. The van der Waals surface area contributed by atoms with Crippen molar-refractivity contribution < 1.29 is 18.0 Å². The van der Waals surface area contributed by atoms with Crippen LogP contribution in [0.25, 0.3) is 0 Å². The molecule has 2 aliphatic heterocycles. The second kappa shape index (κ2) is 7.13. The summed E-state index contributed by atoms with van der Waals surface area (Å²) in [7, 11) is 0. The number of nitrogens with zero attached hydrogens (tertiary/aromatic N) is 2. The highest BCUT2D eigenvalue weighted by molar-refractivity contribution is 5.99. The lowest BCUT2D eigenvalue weighted by molar-refractivity contribution is -0.137. The first-order chi connectivity index (χ1) is 11.2. The lowest BCUT2D eigenvalue weighted by Crippen LogP contribution is -2.42. The van der Waals surface area contributed by atoms with Crippen molar-refractivity contribution in [2.45, 2.75) is 32.0 Å². The summed E-state index contributed by atoms with van der Waals surface area (Å²) in [6.45, 7) is 4.88. The molecule has 1 aromatic rings. The van der Waals surface area contributed by atoms with Crippen LogP contribution >= 0.6 is 12.4 Å². The molecule has 0 bridgehead atoms. The summed E-state index contributed by atoms with van der Waals surface area (Å²) in [5, 5.41) is 0. The maximum atomic E-state index is 12.7. The summed E-state index contributed by atoms with van der Waals surface area (Å²) >= 11 is 0. The van der Waals surface area contributed by atoms with Crippen LogP contribution in [0.3, 0.4) is 0 Å². The summed E-state index contributed by atoms with van der Waals surface area (Å²) in [4.78, 5) is 16.5. The molecule has 0 aromatic heterocycles. The van der Waals surface area contributed by atoms with E-state index in [4.69, 9.17) is 5.73 Å². The average molecular weight is 378 g/mol. The molecule has 2 N–H and O–H groups in total. The normalized spacial score (nSPS) is 27.6. The summed E-state index contributed by atoms with van der Waals surface area (Å²) < 4.78 is 37.9. The lowest BCUT2D eigenvalue weighted by Gasteiger charge is -2.26. The van der Waals surface area contributed by atoms with E-state index >= 15 is 0 Å². The predicted octanol–water partition coefficient (Wildman–Crippen LogP) is 2.90. The van der Waals surface area contributed by atoms with Crippen molar-refractivity contribution in [2.75, 3.05) is 31.1 Å². The molecule has 0 aliphatic carbocycles. The zero-order chi connectivity index (χ0) is 17.5. The number of alkyl halides is 3. The van der Waals surface area contributed by atoms with Crippen molar-refractivity contribution in [3.8, 4) is 0 Å². The monoisotopic (exact) mass is 377 g/mol. The van der Waals surface area contributed by atoms with Crippen LogP contribution in [0.15, 0.2) is 24.3 Å². The van der Waals surface area contributed by atoms with Gasteiger partial charge >= 0.3 is 6.18 Å². The van der Waals surface area contributed by atoms with Crippen LogP contribution in [0.1, 0.15) is 25.3 Å². The Balaban J connectivity index is 0.00000225. The van der Waals surface area contributed by atoms with E-state index in [-0.39, 0.29) is 29.8 Å². The van der Waals surface area contributed by atoms with E-state index in [2.05, 4.69) is 11.8 Å². The van der Waals surface area contributed by atoms with E-state index in [0.717, 1.165) is 31.6 Å². The van der Waals surface area contributed by atoms with Crippen LogP contribution in [0.5, 0.6) is 0 Å². The van der Waals surface area contributed by atoms with Gasteiger partial charge in [-0.1, -0.05) is 6.92 Å². The fourth-order valence-electron chi connectivity index (χ4n) is 3.58. The van der Waals surface area contributed by atoms with Crippen LogP contribution in [-0.2, 0) is 11.0 Å². The van der Waals surface area contributed by atoms with Gasteiger partial charge in [0.05, 0.1) is 11.6 Å². The molecule has 1 amide bonds. The van der Waals surface area contributed by atoms with Crippen molar-refractivity contribution in [1.82, 2.24) is 4.90 Å². The Morgan fingerprint density at radius 2 is 1.88 bits per heavy atom. The topological polar surface area (TPSA) is 49.6 Å². The number of benzene rings is 1. The first-order valence-corrected chi connectivity index (χ1v) is 8.16. The zero-order valence-corrected chi connectivity index (χ0v) is 14.9. The maximum absolute atomic E-state index is 12.7. The van der Waals surface area contributed by atoms with Crippen LogP contribution in [0.2, 0.25) is 0 Å². The summed E-state index contributed by atoms with van der Waals surface area (Å²) in [6, 6.07) is 4.60. The molecular formula is C17H23ClF3N3O. The molecule has 2 atom stereocenters. The highest BCUT2D eigenvalue weighted by Crippen LogP contribution is 2.35. The number of likely N-dealkylation sites (tertiary alicyclic amines) is 1. The minimum Gasteiger partial charge on any atom is -0.330 e. The number of carbonyl (C=O) groups excluding carboxylic acids is 1. The first kappa shape index (κ1) is 20.0. The molecule has 3 rings (SSSR count). The van der Waals surface area contributed by atoms with Gasteiger partial charge in [-0.15, -0.1) is 12.4 Å². The fraction of sp³-hybridized carbons (Fsp3) is 0.588. The molecule has 25 heavy (non-hydrogen) atoms. The van der Waals surface area contributed by atoms with Gasteiger partial charge in [-0.2, -0.15) is 13.2 Å². The third-order valence-corrected chi connectivity index (χ3v) is 5.20. The van der Waals surface area contributed by atoms with Gasteiger partial charge in [0.15, 0.2) is 0 Å². The molecule has 2 fully saturated rings. The average Bonchev–Trinajstić information content (AvgIpc) is 3.10. The van der Waals surface area contributed by atoms with Crippen LogP contribution in [0.4, 0.5) is 18.9 Å². The minimum absolute atomic E-state index is 0. The number of hydrogen-bond acceptors (Lipinski definition) is 3. The third-order valence-electron chi connectivity index (χ3n) is 5.20. The number of anilines is 1. The standard InChI is InChI=1S/C17H22F3N3O.ClH/c1-16(10-21)7-9-22(11-16)14-6-8-23(15(14)24)13-4-2-12(3-5-13)17(18,19)20;/h2-5,14H,6-11,21H2,1H3;1H. The van der Waals surface area contributed by atoms with Gasteiger partial charge in [-0.05, 0) is 55.6 Å². The highest BCUT2D eigenvalue weighted by Gasteiger charge is 2.42. The Bertz CT molecular complexity index is 623. The van der Waals surface area contributed by atoms with Crippen molar-refractivity contribution in [2.24, 2.45) is 11.1 Å². The smallest absolute Gasteiger partial charge is 0.330 e. The summed E-state index contributed by atoms with van der Waals surface area (Å²) in [5.74, 6) is -0.0315. The van der Waals surface area contributed by atoms with Gasteiger partial charge < -0.3 is 10.6 Å². The van der Waals surface area contributed by atoms with Gasteiger partial charge in [0.25, 0.3) is 0 Å². The van der Waals surface area contributed by atoms with Crippen molar-refractivity contribution in [3.05, 3.63) is 29.8 Å². The number of hydrogen-bond donors (Lipinski definition) is 1. The molecule has 0 spiro atoms. The second-order valence-corrected chi connectivity index (χ2v) is 7.07. The van der Waals surface area contributed by atoms with E-state index in [0.29, 0.717) is 25.2 Å². The van der Waals surface area contributed by atoms with E-state index in [1.54, 1.807) is 4.90 Å². The second-order valence-electron chi connectivity index (χ2n) is 7.07. The van der Waals surface area contributed by atoms with Crippen molar-refractivity contribution >= 4 is 24.0 Å². The predicted molar refractivity (Wildman–Crippen MR) is 92.8 cm³/mol. The molecule has 8 heteroatoms. The van der Waals surface area contributed by atoms with Crippen LogP contribution in [0, 0.1) is 5.41 Å². The minimum atomic E-state index is -4.36. The summed E-state index contributed by atoms with van der Waals surface area (Å²) in [6.07, 6.45) is -2.70. The molecule has 2 aliphatic rings. The number of rotatable bonds is 3. The number of carbonyl (C=O) groups is 1. The highest BCUT2D eigenvalue weighted by atomic mass is 35.5.